The molecule has 0 saturated heterocycles. The number of hydrogen-bond acceptors (Lipinski definition) is 2. The predicted octanol–water partition coefficient (Wildman–Crippen LogP) is 3.69. The Bertz CT molecular complexity index is 644. The van der Waals surface area contributed by atoms with Gasteiger partial charge in [-0.1, -0.05) is 12.1 Å². The highest BCUT2D eigenvalue weighted by Gasteiger charge is 2.00. The fraction of sp³-hybridized carbons (Fsp3) is 0.188. The van der Waals surface area contributed by atoms with Gasteiger partial charge < -0.3 is 15.8 Å². The number of aryl methyl sites for hydroxylation is 1. The molecule has 3 N–H and O–H groups in total. The van der Waals surface area contributed by atoms with Gasteiger partial charge in [0.2, 0.25) is 0 Å². The second-order valence-corrected chi connectivity index (χ2v) is 4.64. The number of ether oxygens (including phenoxy) is 1. The van der Waals surface area contributed by atoms with Crippen molar-refractivity contribution in [3.63, 3.8) is 0 Å². The molecule has 0 radical (unpaired) electrons. The Morgan fingerprint density at radius 1 is 1.23 bits per heavy atom. The summed E-state index contributed by atoms with van der Waals surface area (Å²) < 4.78 is 18.5. The minimum atomic E-state index is -0.232. The Labute approximate surface area is 146 Å². The number of rotatable bonds is 4. The number of methoxy groups -OCH3 is 1. The topological polar surface area (TPSA) is 59.6 Å². The van der Waals surface area contributed by atoms with Gasteiger partial charge >= 0.3 is 0 Å². The molecule has 0 bridgehead atoms. The summed E-state index contributed by atoms with van der Waals surface area (Å²) in [5, 5.41) is 2.97. The molecular weight excluding hydrogens is 396 g/mol. The lowest BCUT2D eigenvalue weighted by Crippen LogP contribution is -2.22. The number of nitrogens with two attached hydrogens (primary N) is 1. The highest BCUT2D eigenvalue weighted by atomic mass is 127. The van der Waals surface area contributed by atoms with Crippen molar-refractivity contribution >= 4 is 35.6 Å². The summed E-state index contributed by atoms with van der Waals surface area (Å²) in [6.45, 7) is 2.05. The van der Waals surface area contributed by atoms with E-state index in [1.165, 1.54) is 6.07 Å². The van der Waals surface area contributed by atoms with Crippen LogP contribution in [0, 0.1) is 12.7 Å². The molecule has 2 aromatic carbocycles. The van der Waals surface area contributed by atoms with Crippen LogP contribution < -0.4 is 15.8 Å². The third-order valence-corrected chi connectivity index (χ3v) is 3.03. The fourth-order valence-corrected chi connectivity index (χ4v) is 1.77. The van der Waals surface area contributed by atoms with Crippen LogP contribution in [0.4, 0.5) is 10.1 Å². The molecule has 0 spiro atoms. The van der Waals surface area contributed by atoms with Crippen LogP contribution in [-0.4, -0.2) is 13.1 Å². The summed E-state index contributed by atoms with van der Waals surface area (Å²) in [5.41, 5.74) is 8.01. The molecular formula is C16H19FIN3O. The van der Waals surface area contributed by atoms with Gasteiger partial charge in [-0.2, -0.15) is 0 Å². The van der Waals surface area contributed by atoms with Crippen molar-refractivity contribution < 1.29 is 9.13 Å². The van der Waals surface area contributed by atoms with Crippen molar-refractivity contribution in [3.8, 4) is 5.75 Å². The first-order chi connectivity index (χ1) is 10.1. The molecule has 0 aromatic heterocycles. The first-order valence-electron chi connectivity index (χ1n) is 6.54. The molecule has 0 unspecified atom stereocenters. The zero-order valence-electron chi connectivity index (χ0n) is 12.5. The minimum absolute atomic E-state index is 0. The van der Waals surface area contributed by atoms with Gasteiger partial charge in [0.1, 0.15) is 11.6 Å². The van der Waals surface area contributed by atoms with Crippen LogP contribution in [-0.2, 0) is 6.54 Å². The van der Waals surface area contributed by atoms with Crippen molar-refractivity contribution in [2.45, 2.75) is 13.5 Å². The molecule has 0 aliphatic rings. The SMILES string of the molecule is COc1ccc(NC(N)=NCc2ccc(C)c(F)c2)cc1.I. The van der Waals surface area contributed by atoms with E-state index in [9.17, 15) is 4.39 Å². The first kappa shape index (κ1) is 18.2. The number of benzene rings is 2. The van der Waals surface area contributed by atoms with Crippen LogP contribution in [0.2, 0.25) is 0 Å². The van der Waals surface area contributed by atoms with E-state index in [1.54, 1.807) is 20.1 Å². The molecule has 118 valence electrons. The summed E-state index contributed by atoms with van der Waals surface area (Å²) in [4.78, 5) is 4.19. The van der Waals surface area contributed by atoms with Gasteiger partial charge in [0.15, 0.2) is 5.96 Å². The smallest absolute Gasteiger partial charge is 0.193 e. The van der Waals surface area contributed by atoms with Crippen LogP contribution in [0.5, 0.6) is 5.75 Å². The zero-order valence-corrected chi connectivity index (χ0v) is 14.8. The summed E-state index contributed by atoms with van der Waals surface area (Å²) in [6, 6.07) is 12.4. The molecule has 0 saturated carbocycles. The van der Waals surface area contributed by atoms with E-state index in [-0.39, 0.29) is 35.8 Å². The van der Waals surface area contributed by atoms with Gasteiger partial charge in [-0.25, -0.2) is 9.38 Å². The average Bonchev–Trinajstić information content (AvgIpc) is 2.49. The molecule has 2 rings (SSSR count). The first-order valence-corrected chi connectivity index (χ1v) is 6.54. The van der Waals surface area contributed by atoms with E-state index in [2.05, 4.69) is 10.3 Å². The standard InChI is InChI=1S/C16H18FN3O.HI/c1-11-3-4-12(9-15(11)17)10-19-16(18)20-13-5-7-14(21-2)8-6-13;/h3-9H,10H2,1-2H3,(H3,18,19,20);1H. The Balaban J connectivity index is 0.00000242. The predicted molar refractivity (Wildman–Crippen MR) is 98.5 cm³/mol. The van der Waals surface area contributed by atoms with Gasteiger partial charge in [0, 0.05) is 5.69 Å². The van der Waals surface area contributed by atoms with E-state index in [0.29, 0.717) is 12.1 Å². The molecule has 6 heteroatoms. The summed E-state index contributed by atoms with van der Waals surface area (Å²) in [5.74, 6) is 0.816. The lowest BCUT2D eigenvalue weighted by atomic mass is 10.1. The number of hydrogen-bond donors (Lipinski definition) is 2. The number of nitrogens with zero attached hydrogens (tertiary/aromatic N) is 1. The van der Waals surface area contributed by atoms with Crippen LogP contribution in [0.1, 0.15) is 11.1 Å². The third kappa shape index (κ3) is 5.18. The summed E-state index contributed by atoms with van der Waals surface area (Å²) in [7, 11) is 1.61. The summed E-state index contributed by atoms with van der Waals surface area (Å²) >= 11 is 0. The quantitative estimate of drug-likeness (QED) is 0.455. The van der Waals surface area contributed by atoms with Crippen LogP contribution in [0.15, 0.2) is 47.5 Å². The number of anilines is 1. The molecule has 0 aliphatic heterocycles. The number of aliphatic imine (C=N–C) groups is 1. The largest absolute Gasteiger partial charge is 0.497 e. The van der Waals surface area contributed by atoms with Gasteiger partial charge in [-0.05, 0) is 48.4 Å². The maximum atomic E-state index is 13.4. The fourth-order valence-electron chi connectivity index (χ4n) is 1.77. The molecule has 0 heterocycles. The molecule has 22 heavy (non-hydrogen) atoms. The lowest BCUT2D eigenvalue weighted by molar-refractivity contribution is 0.415. The normalized spacial score (nSPS) is 10.8. The van der Waals surface area contributed by atoms with E-state index >= 15 is 0 Å². The van der Waals surface area contributed by atoms with Gasteiger partial charge in [-0.15, -0.1) is 24.0 Å². The highest BCUT2D eigenvalue weighted by molar-refractivity contribution is 14.0. The molecule has 0 fully saturated rings. The summed E-state index contributed by atoms with van der Waals surface area (Å²) in [6.07, 6.45) is 0. The molecule has 4 nitrogen and oxygen atoms in total. The van der Waals surface area contributed by atoms with E-state index in [4.69, 9.17) is 10.5 Å². The van der Waals surface area contributed by atoms with Crippen LogP contribution >= 0.6 is 24.0 Å². The van der Waals surface area contributed by atoms with Gasteiger partial charge in [0.25, 0.3) is 0 Å². The van der Waals surface area contributed by atoms with Crippen LogP contribution in [0.3, 0.4) is 0 Å². The van der Waals surface area contributed by atoms with Crippen molar-refractivity contribution in [2.24, 2.45) is 10.7 Å². The molecule has 0 amide bonds. The number of halogens is 2. The Hall–Kier alpha value is -1.83. The Morgan fingerprint density at radius 2 is 1.91 bits per heavy atom. The Morgan fingerprint density at radius 3 is 2.50 bits per heavy atom. The monoisotopic (exact) mass is 415 g/mol. The molecule has 2 aromatic rings. The second-order valence-electron chi connectivity index (χ2n) is 4.64. The maximum absolute atomic E-state index is 13.4. The third-order valence-electron chi connectivity index (χ3n) is 3.03. The lowest BCUT2D eigenvalue weighted by Gasteiger charge is -2.07. The van der Waals surface area contributed by atoms with Gasteiger partial charge in [0.05, 0.1) is 13.7 Å². The average molecular weight is 415 g/mol. The molecule has 0 aliphatic carbocycles. The van der Waals surface area contributed by atoms with Crippen molar-refractivity contribution in [1.82, 2.24) is 0 Å². The maximum Gasteiger partial charge on any atom is 0.193 e. The van der Waals surface area contributed by atoms with E-state index < -0.39 is 0 Å². The number of guanidine groups is 1. The van der Waals surface area contributed by atoms with E-state index in [1.807, 2.05) is 30.3 Å². The molecule has 0 atom stereocenters. The zero-order chi connectivity index (χ0) is 15.2. The highest BCUT2D eigenvalue weighted by Crippen LogP contribution is 2.15. The van der Waals surface area contributed by atoms with Crippen molar-refractivity contribution in [3.05, 3.63) is 59.4 Å². The van der Waals surface area contributed by atoms with Crippen molar-refractivity contribution in [1.29, 1.82) is 0 Å². The minimum Gasteiger partial charge on any atom is -0.497 e. The van der Waals surface area contributed by atoms with E-state index in [0.717, 1.165) is 17.0 Å². The van der Waals surface area contributed by atoms with Gasteiger partial charge in [-0.3, -0.25) is 0 Å². The van der Waals surface area contributed by atoms with Crippen molar-refractivity contribution in [2.75, 3.05) is 12.4 Å². The number of nitrogens with one attached hydrogen (secondary N) is 1. The van der Waals surface area contributed by atoms with Crippen LogP contribution in [0.25, 0.3) is 0 Å². The Kier molecular flexibility index (Phi) is 7.10. The second kappa shape index (κ2) is 8.57.